The lowest BCUT2D eigenvalue weighted by Crippen LogP contribution is -2.41. The molecule has 1 aliphatic rings. The summed E-state index contributed by atoms with van der Waals surface area (Å²) < 4.78 is 10.6. The Morgan fingerprint density at radius 3 is 2.58 bits per heavy atom. The van der Waals surface area contributed by atoms with E-state index in [1.54, 1.807) is 12.1 Å². The molecule has 6 nitrogen and oxygen atoms in total. The number of methoxy groups -OCH3 is 1. The smallest absolute Gasteiger partial charge is 0.337 e. The highest BCUT2D eigenvalue weighted by atomic mass is 16.5. The van der Waals surface area contributed by atoms with E-state index in [1.165, 1.54) is 7.11 Å². The number of likely N-dealkylation sites (tertiary alicyclic amines) is 1. The van der Waals surface area contributed by atoms with Gasteiger partial charge in [-0.25, -0.2) is 4.79 Å². The Balaban J connectivity index is 1.68. The van der Waals surface area contributed by atoms with Gasteiger partial charge in [-0.3, -0.25) is 9.69 Å². The third-order valence-corrected chi connectivity index (χ3v) is 4.72. The first-order valence-electron chi connectivity index (χ1n) is 8.69. The summed E-state index contributed by atoms with van der Waals surface area (Å²) in [5, 5.41) is 9.29. The summed E-state index contributed by atoms with van der Waals surface area (Å²) >= 11 is 0. The van der Waals surface area contributed by atoms with Crippen molar-refractivity contribution in [2.24, 2.45) is 11.8 Å². The number of carbonyl (C=O) groups is 2. The SMILES string of the molecule is COC(=O)c1ccc(-c2ccc(CN3CC(C)CC(C(=O)O)C3)o2)cc1. The lowest BCUT2D eigenvalue weighted by atomic mass is 9.90. The molecule has 2 unspecified atom stereocenters. The molecule has 0 spiro atoms. The standard InChI is InChI=1S/C20H23NO5/c1-13-9-16(19(22)23)11-21(10-13)12-17-7-8-18(26-17)14-3-5-15(6-4-14)20(24)25-2/h3-8,13,16H,9-12H2,1-2H3,(H,22,23). The third-order valence-electron chi connectivity index (χ3n) is 4.72. The molecule has 1 aromatic heterocycles. The van der Waals surface area contributed by atoms with Crippen molar-refractivity contribution in [1.82, 2.24) is 4.90 Å². The van der Waals surface area contributed by atoms with Gasteiger partial charge in [-0.15, -0.1) is 0 Å². The van der Waals surface area contributed by atoms with Gasteiger partial charge in [0.25, 0.3) is 0 Å². The summed E-state index contributed by atoms with van der Waals surface area (Å²) in [5.74, 6) is 0.451. The van der Waals surface area contributed by atoms with Gasteiger partial charge in [0.2, 0.25) is 0 Å². The Kier molecular flexibility index (Phi) is 5.42. The number of aliphatic carboxylic acids is 1. The Hall–Kier alpha value is -2.60. The molecule has 1 fully saturated rings. The number of benzene rings is 1. The second-order valence-corrected chi connectivity index (χ2v) is 6.91. The number of nitrogens with zero attached hydrogens (tertiary/aromatic N) is 1. The van der Waals surface area contributed by atoms with Gasteiger partial charge in [0.15, 0.2) is 0 Å². The zero-order chi connectivity index (χ0) is 18.7. The van der Waals surface area contributed by atoms with Crippen LogP contribution >= 0.6 is 0 Å². The minimum atomic E-state index is -0.729. The van der Waals surface area contributed by atoms with Crippen molar-refractivity contribution < 1.29 is 23.8 Å². The van der Waals surface area contributed by atoms with E-state index in [0.29, 0.717) is 24.6 Å². The molecule has 0 radical (unpaired) electrons. The van der Waals surface area contributed by atoms with Crippen molar-refractivity contribution in [1.29, 1.82) is 0 Å². The summed E-state index contributed by atoms with van der Waals surface area (Å²) in [4.78, 5) is 24.9. The minimum Gasteiger partial charge on any atom is -0.481 e. The van der Waals surface area contributed by atoms with E-state index in [9.17, 15) is 14.7 Å². The van der Waals surface area contributed by atoms with Gasteiger partial charge in [0, 0.05) is 18.7 Å². The number of furan rings is 1. The summed E-state index contributed by atoms with van der Waals surface area (Å²) in [6, 6.07) is 10.8. The number of carboxylic acid groups (broad SMARTS) is 1. The van der Waals surface area contributed by atoms with E-state index in [0.717, 1.165) is 30.0 Å². The predicted octanol–water partition coefficient (Wildman–Crippen LogP) is 3.28. The Morgan fingerprint density at radius 1 is 1.19 bits per heavy atom. The number of carbonyl (C=O) groups excluding carboxylic acids is 1. The highest BCUT2D eigenvalue weighted by Crippen LogP contribution is 2.26. The van der Waals surface area contributed by atoms with Crippen molar-refractivity contribution in [3.8, 4) is 11.3 Å². The van der Waals surface area contributed by atoms with Gasteiger partial charge in [0.05, 0.1) is 25.1 Å². The minimum absolute atomic E-state index is 0.320. The molecule has 1 aromatic carbocycles. The predicted molar refractivity (Wildman–Crippen MR) is 95.7 cm³/mol. The Bertz CT molecular complexity index is 780. The number of esters is 1. The van der Waals surface area contributed by atoms with E-state index in [2.05, 4.69) is 11.8 Å². The fraction of sp³-hybridized carbons (Fsp3) is 0.400. The maximum atomic E-state index is 11.5. The summed E-state index contributed by atoms with van der Waals surface area (Å²) in [6.45, 7) is 4.09. The van der Waals surface area contributed by atoms with Gasteiger partial charge < -0.3 is 14.3 Å². The molecule has 0 amide bonds. The van der Waals surface area contributed by atoms with Crippen molar-refractivity contribution in [3.63, 3.8) is 0 Å². The Morgan fingerprint density at radius 2 is 1.92 bits per heavy atom. The van der Waals surface area contributed by atoms with Crippen molar-refractivity contribution >= 4 is 11.9 Å². The molecule has 0 aliphatic carbocycles. The fourth-order valence-corrected chi connectivity index (χ4v) is 3.50. The molecule has 0 saturated carbocycles. The molecular weight excluding hydrogens is 334 g/mol. The largest absolute Gasteiger partial charge is 0.481 e. The number of ether oxygens (including phenoxy) is 1. The average Bonchev–Trinajstić information content (AvgIpc) is 3.09. The first kappa shape index (κ1) is 18.2. The van der Waals surface area contributed by atoms with Crippen LogP contribution in [0.5, 0.6) is 0 Å². The third kappa shape index (κ3) is 4.14. The molecule has 1 aliphatic heterocycles. The number of carboxylic acids is 1. The summed E-state index contributed by atoms with van der Waals surface area (Å²) in [6.07, 6.45) is 0.724. The number of rotatable bonds is 5. The van der Waals surface area contributed by atoms with E-state index >= 15 is 0 Å². The van der Waals surface area contributed by atoms with Crippen LogP contribution in [0.1, 0.15) is 29.5 Å². The topological polar surface area (TPSA) is 80.0 Å². The second kappa shape index (κ2) is 7.74. The van der Waals surface area contributed by atoms with Crippen molar-refractivity contribution in [2.75, 3.05) is 20.2 Å². The normalized spacial score (nSPS) is 20.7. The monoisotopic (exact) mass is 357 g/mol. The summed E-state index contributed by atoms with van der Waals surface area (Å²) in [5.41, 5.74) is 1.37. The second-order valence-electron chi connectivity index (χ2n) is 6.91. The van der Waals surface area contributed by atoms with Gasteiger partial charge in [0.1, 0.15) is 11.5 Å². The van der Waals surface area contributed by atoms with Crippen LogP contribution < -0.4 is 0 Å². The van der Waals surface area contributed by atoms with Crippen LogP contribution in [0.4, 0.5) is 0 Å². The average molecular weight is 357 g/mol. The van der Waals surface area contributed by atoms with Gasteiger partial charge in [-0.1, -0.05) is 19.1 Å². The molecule has 2 heterocycles. The van der Waals surface area contributed by atoms with Crippen LogP contribution in [0.3, 0.4) is 0 Å². The molecule has 6 heteroatoms. The molecule has 138 valence electrons. The first-order valence-corrected chi connectivity index (χ1v) is 8.69. The van der Waals surface area contributed by atoms with E-state index < -0.39 is 5.97 Å². The molecule has 1 saturated heterocycles. The van der Waals surface area contributed by atoms with Crippen LogP contribution in [-0.2, 0) is 16.1 Å². The molecule has 1 N–H and O–H groups in total. The van der Waals surface area contributed by atoms with E-state index in [4.69, 9.17) is 9.15 Å². The molecule has 2 aromatic rings. The fourth-order valence-electron chi connectivity index (χ4n) is 3.50. The zero-order valence-corrected chi connectivity index (χ0v) is 15.0. The van der Waals surface area contributed by atoms with Crippen molar-refractivity contribution in [2.45, 2.75) is 19.9 Å². The molecule has 2 atom stereocenters. The first-order chi connectivity index (χ1) is 12.5. The van der Waals surface area contributed by atoms with Crippen molar-refractivity contribution in [3.05, 3.63) is 47.7 Å². The Labute approximate surface area is 152 Å². The zero-order valence-electron chi connectivity index (χ0n) is 15.0. The lowest BCUT2D eigenvalue weighted by molar-refractivity contribution is -0.144. The van der Waals surface area contributed by atoms with Gasteiger partial charge in [-0.05, 0) is 36.6 Å². The quantitative estimate of drug-likeness (QED) is 0.827. The number of hydrogen-bond donors (Lipinski definition) is 1. The van der Waals surface area contributed by atoms with E-state index in [-0.39, 0.29) is 11.9 Å². The molecule has 3 rings (SSSR count). The number of piperidine rings is 1. The summed E-state index contributed by atoms with van der Waals surface area (Å²) in [7, 11) is 1.35. The lowest BCUT2D eigenvalue weighted by Gasteiger charge is -2.34. The van der Waals surface area contributed by atoms with Crippen LogP contribution in [0.2, 0.25) is 0 Å². The highest BCUT2D eigenvalue weighted by Gasteiger charge is 2.29. The maximum Gasteiger partial charge on any atom is 0.337 e. The molecule has 0 bridgehead atoms. The van der Waals surface area contributed by atoms with Crippen LogP contribution in [-0.4, -0.2) is 42.1 Å². The van der Waals surface area contributed by atoms with Gasteiger partial charge in [-0.2, -0.15) is 0 Å². The van der Waals surface area contributed by atoms with Crippen LogP contribution in [0, 0.1) is 11.8 Å². The van der Waals surface area contributed by atoms with Crippen LogP contribution in [0.15, 0.2) is 40.8 Å². The maximum absolute atomic E-state index is 11.5. The van der Waals surface area contributed by atoms with Gasteiger partial charge >= 0.3 is 11.9 Å². The molecular formula is C20H23NO5. The highest BCUT2D eigenvalue weighted by molar-refractivity contribution is 5.89. The number of hydrogen-bond acceptors (Lipinski definition) is 5. The van der Waals surface area contributed by atoms with E-state index in [1.807, 2.05) is 24.3 Å². The van der Waals surface area contributed by atoms with Crippen LogP contribution in [0.25, 0.3) is 11.3 Å². The molecule has 26 heavy (non-hydrogen) atoms.